The highest BCUT2D eigenvalue weighted by molar-refractivity contribution is 6.06. The topological polar surface area (TPSA) is 114 Å². The van der Waals surface area contributed by atoms with E-state index < -0.39 is 11.5 Å². The molecule has 0 spiro atoms. The number of hydrogen-bond donors (Lipinski definition) is 2. The minimum Gasteiger partial charge on any atom is -0.545 e. The van der Waals surface area contributed by atoms with Gasteiger partial charge in [-0.2, -0.15) is 0 Å². The Hall–Kier alpha value is -2.34. The van der Waals surface area contributed by atoms with Crippen LogP contribution in [0.25, 0.3) is 10.9 Å². The van der Waals surface area contributed by atoms with Crippen molar-refractivity contribution < 1.29 is 14.6 Å². The maximum absolute atomic E-state index is 11.2. The van der Waals surface area contributed by atoms with Gasteiger partial charge >= 0.3 is 0 Å². The quantitative estimate of drug-likeness (QED) is 0.851. The second-order valence-electron chi connectivity index (χ2n) is 5.70. The first-order valence-electron chi connectivity index (χ1n) is 6.52. The van der Waals surface area contributed by atoms with Gasteiger partial charge in [0.15, 0.2) is 0 Å². The van der Waals surface area contributed by atoms with Crippen molar-refractivity contribution >= 4 is 22.6 Å². The van der Waals surface area contributed by atoms with Crippen molar-refractivity contribution in [3.8, 4) is 5.75 Å². The fraction of sp³-hybridized carbons (Fsp3) is 0.333. The maximum atomic E-state index is 11.2. The standard InChI is InChI=1S/C15H19N3O3/c1-8-11(14(19)20)13(16)12-9(18-8)5-4-6-10(12)21-7-15(2,3)17/h4-6H,7,17H2,1-3H3,(H2,16,18)(H,19,20)/p-1. The van der Waals surface area contributed by atoms with Crippen molar-refractivity contribution in [1.29, 1.82) is 0 Å². The average Bonchev–Trinajstić information content (AvgIpc) is 2.34. The van der Waals surface area contributed by atoms with Crippen LogP contribution in [0.4, 0.5) is 5.69 Å². The van der Waals surface area contributed by atoms with Crippen molar-refractivity contribution in [3.05, 3.63) is 29.5 Å². The van der Waals surface area contributed by atoms with E-state index in [2.05, 4.69) is 4.98 Å². The Morgan fingerprint density at radius 3 is 2.67 bits per heavy atom. The highest BCUT2D eigenvalue weighted by Crippen LogP contribution is 2.33. The molecular weight excluding hydrogens is 270 g/mol. The SMILES string of the molecule is Cc1nc2cccc(OCC(C)(C)N)c2c(N)c1C(=O)[O-]. The van der Waals surface area contributed by atoms with Crippen LogP contribution in [0.15, 0.2) is 18.2 Å². The molecule has 0 amide bonds. The molecule has 6 heteroatoms. The predicted molar refractivity (Wildman–Crippen MR) is 79.0 cm³/mol. The van der Waals surface area contributed by atoms with Crippen LogP contribution in [-0.4, -0.2) is 23.1 Å². The summed E-state index contributed by atoms with van der Waals surface area (Å²) in [6.45, 7) is 5.50. The number of carbonyl (C=O) groups excluding carboxylic acids is 1. The minimum atomic E-state index is -1.35. The molecule has 0 bridgehead atoms. The van der Waals surface area contributed by atoms with Gasteiger partial charge in [-0.1, -0.05) is 6.07 Å². The molecule has 0 saturated heterocycles. The van der Waals surface area contributed by atoms with Crippen molar-refractivity contribution in [2.24, 2.45) is 5.73 Å². The molecule has 0 aliphatic heterocycles. The number of aromatic carboxylic acids is 1. The lowest BCUT2D eigenvalue weighted by molar-refractivity contribution is -0.255. The molecule has 0 saturated carbocycles. The number of carbonyl (C=O) groups is 1. The first-order valence-corrected chi connectivity index (χ1v) is 6.52. The second-order valence-corrected chi connectivity index (χ2v) is 5.70. The van der Waals surface area contributed by atoms with E-state index in [0.29, 0.717) is 22.3 Å². The Morgan fingerprint density at radius 2 is 2.10 bits per heavy atom. The van der Waals surface area contributed by atoms with Crippen molar-refractivity contribution in [3.63, 3.8) is 0 Å². The summed E-state index contributed by atoms with van der Waals surface area (Å²) in [6.07, 6.45) is 0. The zero-order valence-corrected chi connectivity index (χ0v) is 12.3. The fourth-order valence-electron chi connectivity index (χ4n) is 2.08. The lowest BCUT2D eigenvalue weighted by Gasteiger charge is -2.21. The van der Waals surface area contributed by atoms with Gasteiger partial charge in [-0.05, 0) is 32.9 Å². The summed E-state index contributed by atoms with van der Waals surface area (Å²) in [5.74, 6) is -0.896. The molecule has 1 aromatic carbocycles. The first kappa shape index (κ1) is 15.1. The zero-order valence-electron chi connectivity index (χ0n) is 12.3. The molecule has 21 heavy (non-hydrogen) atoms. The largest absolute Gasteiger partial charge is 0.545 e. The zero-order chi connectivity index (χ0) is 15.8. The molecule has 1 aromatic heterocycles. The number of hydrogen-bond acceptors (Lipinski definition) is 6. The van der Waals surface area contributed by atoms with Crippen LogP contribution < -0.4 is 21.3 Å². The van der Waals surface area contributed by atoms with E-state index in [9.17, 15) is 9.90 Å². The predicted octanol–water partition coefficient (Wildman–Crippen LogP) is 0.605. The monoisotopic (exact) mass is 288 g/mol. The molecule has 2 rings (SSSR count). The molecule has 112 valence electrons. The van der Waals surface area contributed by atoms with E-state index in [4.69, 9.17) is 16.2 Å². The molecule has 0 aliphatic rings. The lowest BCUT2D eigenvalue weighted by Crippen LogP contribution is -2.38. The van der Waals surface area contributed by atoms with E-state index in [0.717, 1.165) is 0 Å². The van der Waals surface area contributed by atoms with Crippen molar-refractivity contribution in [2.45, 2.75) is 26.3 Å². The third-order valence-electron chi connectivity index (χ3n) is 3.00. The molecule has 4 N–H and O–H groups in total. The number of carboxylic acid groups (broad SMARTS) is 1. The molecule has 0 atom stereocenters. The van der Waals surface area contributed by atoms with Crippen LogP contribution in [0.1, 0.15) is 29.9 Å². The summed E-state index contributed by atoms with van der Waals surface area (Å²) in [7, 11) is 0. The fourth-order valence-corrected chi connectivity index (χ4v) is 2.08. The highest BCUT2D eigenvalue weighted by Gasteiger charge is 2.17. The third-order valence-corrected chi connectivity index (χ3v) is 3.00. The van der Waals surface area contributed by atoms with Gasteiger partial charge in [-0.15, -0.1) is 0 Å². The number of ether oxygens (including phenoxy) is 1. The Bertz CT molecular complexity index is 705. The number of rotatable bonds is 4. The summed E-state index contributed by atoms with van der Waals surface area (Å²) in [5.41, 5.74) is 12.2. The number of carboxylic acids is 1. The van der Waals surface area contributed by atoms with Crippen LogP contribution in [0.5, 0.6) is 5.75 Å². The van der Waals surface area contributed by atoms with Crippen LogP contribution in [0.2, 0.25) is 0 Å². The number of nitrogens with zero attached hydrogens (tertiary/aromatic N) is 1. The average molecular weight is 288 g/mol. The molecule has 0 aliphatic carbocycles. The Balaban J connectivity index is 2.62. The van der Waals surface area contributed by atoms with E-state index >= 15 is 0 Å². The molecule has 0 fully saturated rings. The smallest absolute Gasteiger partial charge is 0.130 e. The number of pyridine rings is 1. The number of aryl methyl sites for hydroxylation is 1. The highest BCUT2D eigenvalue weighted by atomic mass is 16.5. The molecular formula is C15H18N3O3-. The van der Waals surface area contributed by atoms with Gasteiger partial charge in [-0.25, -0.2) is 0 Å². The summed E-state index contributed by atoms with van der Waals surface area (Å²) >= 11 is 0. The van der Waals surface area contributed by atoms with Gasteiger partial charge < -0.3 is 26.1 Å². The maximum Gasteiger partial charge on any atom is 0.130 e. The Morgan fingerprint density at radius 1 is 1.43 bits per heavy atom. The van der Waals surface area contributed by atoms with Gasteiger partial charge in [-0.3, -0.25) is 4.98 Å². The summed E-state index contributed by atoms with van der Waals surface area (Å²) in [4.78, 5) is 15.5. The number of anilines is 1. The number of fused-ring (bicyclic) bond motifs is 1. The van der Waals surface area contributed by atoms with Crippen LogP contribution in [0.3, 0.4) is 0 Å². The van der Waals surface area contributed by atoms with E-state index in [1.54, 1.807) is 25.1 Å². The number of nitrogens with two attached hydrogens (primary N) is 2. The Labute approximate surface area is 122 Å². The van der Waals surface area contributed by atoms with Crippen molar-refractivity contribution in [2.75, 3.05) is 12.3 Å². The molecule has 2 aromatic rings. The summed E-state index contributed by atoms with van der Waals surface area (Å²) < 4.78 is 5.68. The molecule has 0 radical (unpaired) electrons. The summed E-state index contributed by atoms with van der Waals surface area (Å²) in [6, 6.07) is 5.23. The van der Waals surface area contributed by atoms with Gasteiger partial charge in [0.1, 0.15) is 12.4 Å². The van der Waals surface area contributed by atoms with Gasteiger partial charge in [0, 0.05) is 16.8 Å². The number of benzene rings is 1. The summed E-state index contributed by atoms with van der Waals surface area (Å²) in [5, 5.41) is 11.7. The van der Waals surface area contributed by atoms with Gasteiger partial charge in [0.25, 0.3) is 0 Å². The minimum absolute atomic E-state index is 0.0999. The molecule has 6 nitrogen and oxygen atoms in total. The van der Waals surface area contributed by atoms with E-state index in [1.807, 2.05) is 13.8 Å². The van der Waals surface area contributed by atoms with Crippen LogP contribution in [-0.2, 0) is 0 Å². The number of aromatic nitrogens is 1. The van der Waals surface area contributed by atoms with Crippen LogP contribution >= 0.6 is 0 Å². The van der Waals surface area contributed by atoms with Gasteiger partial charge in [0.2, 0.25) is 0 Å². The van der Waals surface area contributed by atoms with Crippen LogP contribution in [0, 0.1) is 6.92 Å². The third kappa shape index (κ3) is 3.05. The Kier molecular flexibility index (Phi) is 3.74. The van der Waals surface area contributed by atoms with E-state index in [-0.39, 0.29) is 17.9 Å². The van der Waals surface area contributed by atoms with Gasteiger partial charge in [0.05, 0.1) is 22.6 Å². The van der Waals surface area contributed by atoms with E-state index in [1.165, 1.54) is 0 Å². The normalized spacial score (nSPS) is 11.6. The lowest BCUT2D eigenvalue weighted by atomic mass is 10.1. The molecule has 0 unspecified atom stereocenters. The number of nitrogen functional groups attached to an aromatic ring is 1. The second kappa shape index (κ2) is 5.21. The molecule has 1 heterocycles. The van der Waals surface area contributed by atoms with Crippen molar-refractivity contribution in [1.82, 2.24) is 4.98 Å². The first-order chi connectivity index (χ1) is 9.70.